The number of rotatable bonds is 4. The first-order chi connectivity index (χ1) is 13.5. The maximum absolute atomic E-state index is 13.1. The Hall–Kier alpha value is -3.49. The number of cyclic esters (lactones) is 2. The van der Waals surface area contributed by atoms with Crippen LogP contribution in [0.1, 0.15) is 19.4 Å². The van der Waals surface area contributed by atoms with Gasteiger partial charge < -0.3 is 19.5 Å². The molecule has 0 unspecified atom stereocenters. The maximum atomic E-state index is 13.1. The third kappa shape index (κ3) is 4.87. The third-order valence-electron chi connectivity index (χ3n) is 3.77. The Labute approximate surface area is 163 Å². The summed E-state index contributed by atoms with van der Waals surface area (Å²) in [5.74, 6) is -2.91. The minimum Gasteiger partial charge on any atom is -0.455 e. The normalized spacial score (nSPS) is 16.0. The molecular formula is C20H16F3NO5. The molecule has 6 nitrogen and oxygen atoms in total. The van der Waals surface area contributed by atoms with E-state index in [1.807, 2.05) is 0 Å². The molecule has 1 heterocycles. The molecule has 29 heavy (non-hydrogen) atoms. The van der Waals surface area contributed by atoms with Crippen molar-refractivity contribution in [3.05, 3.63) is 65.9 Å². The number of esters is 2. The Morgan fingerprint density at radius 2 is 1.62 bits per heavy atom. The zero-order valence-corrected chi connectivity index (χ0v) is 15.4. The topological polar surface area (TPSA) is 73.9 Å². The summed E-state index contributed by atoms with van der Waals surface area (Å²) in [5, 5.41) is 2.52. The number of ether oxygens (including phenoxy) is 3. The van der Waals surface area contributed by atoms with Crippen molar-refractivity contribution in [2.75, 3.05) is 5.32 Å². The largest absolute Gasteiger partial charge is 0.455 e. The zero-order chi connectivity index (χ0) is 21.2. The van der Waals surface area contributed by atoms with Gasteiger partial charge in [0, 0.05) is 20.0 Å². The highest BCUT2D eigenvalue weighted by molar-refractivity contribution is 6.15. The Morgan fingerprint density at radius 1 is 1.00 bits per heavy atom. The lowest BCUT2D eigenvalue weighted by Gasteiger charge is -2.29. The fraction of sp³-hybridized carbons (Fsp3) is 0.200. The highest BCUT2D eigenvalue weighted by Gasteiger charge is 2.39. The van der Waals surface area contributed by atoms with Crippen LogP contribution in [0, 0.1) is 0 Å². The SMILES string of the molecule is CC1(C)OC(=O)C(=CNc2cc(C(F)(F)F)ccc2Oc2ccccc2)C(=O)O1. The second-order valence-electron chi connectivity index (χ2n) is 6.51. The van der Waals surface area contributed by atoms with Gasteiger partial charge in [0.2, 0.25) is 0 Å². The van der Waals surface area contributed by atoms with Gasteiger partial charge in [-0.1, -0.05) is 18.2 Å². The molecule has 0 amide bonds. The number of para-hydroxylation sites is 1. The van der Waals surface area contributed by atoms with E-state index < -0.39 is 35.0 Å². The van der Waals surface area contributed by atoms with E-state index in [4.69, 9.17) is 14.2 Å². The molecule has 9 heteroatoms. The fourth-order valence-corrected chi connectivity index (χ4v) is 2.45. The lowest BCUT2D eigenvalue weighted by molar-refractivity contribution is -0.222. The first-order valence-electron chi connectivity index (χ1n) is 8.43. The van der Waals surface area contributed by atoms with E-state index >= 15 is 0 Å². The van der Waals surface area contributed by atoms with Crippen LogP contribution in [-0.2, 0) is 25.2 Å². The first-order valence-corrected chi connectivity index (χ1v) is 8.43. The standard InChI is InChI=1S/C20H16F3NO5/c1-19(2)28-17(25)14(18(26)29-19)11-24-15-10-12(20(21,22)23)8-9-16(15)27-13-6-4-3-5-7-13/h3-11,24H,1-2H3. The summed E-state index contributed by atoms with van der Waals surface area (Å²) in [6.45, 7) is 2.76. The van der Waals surface area contributed by atoms with E-state index in [9.17, 15) is 22.8 Å². The number of carbonyl (C=O) groups excluding carboxylic acids is 2. The number of carbonyl (C=O) groups is 2. The first kappa shape index (κ1) is 20.2. The molecule has 0 radical (unpaired) electrons. The number of nitrogens with one attached hydrogen (secondary N) is 1. The molecular weight excluding hydrogens is 391 g/mol. The van der Waals surface area contributed by atoms with Crippen LogP contribution in [0.4, 0.5) is 18.9 Å². The van der Waals surface area contributed by atoms with Crippen molar-refractivity contribution >= 4 is 17.6 Å². The predicted molar refractivity (Wildman–Crippen MR) is 95.9 cm³/mol. The monoisotopic (exact) mass is 407 g/mol. The number of benzene rings is 2. The molecule has 3 rings (SSSR count). The van der Waals surface area contributed by atoms with Crippen LogP contribution >= 0.6 is 0 Å². The molecule has 0 aromatic heterocycles. The molecule has 1 N–H and O–H groups in total. The summed E-state index contributed by atoms with van der Waals surface area (Å²) < 4.78 is 54.8. The summed E-state index contributed by atoms with van der Waals surface area (Å²) in [6.07, 6.45) is -3.67. The predicted octanol–water partition coefficient (Wildman–Crippen LogP) is 4.63. The molecule has 1 aliphatic rings. The smallest absolute Gasteiger partial charge is 0.416 e. The summed E-state index contributed by atoms with van der Waals surface area (Å²) in [6, 6.07) is 11.2. The Morgan fingerprint density at radius 3 is 2.21 bits per heavy atom. The molecule has 0 spiro atoms. The van der Waals surface area contributed by atoms with Gasteiger partial charge in [-0.3, -0.25) is 0 Å². The number of hydrogen-bond acceptors (Lipinski definition) is 6. The summed E-state index contributed by atoms with van der Waals surface area (Å²) in [7, 11) is 0. The number of hydrogen-bond donors (Lipinski definition) is 1. The molecule has 1 aliphatic heterocycles. The fourth-order valence-electron chi connectivity index (χ4n) is 2.45. The van der Waals surface area contributed by atoms with Crippen molar-refractivity contribution in [3.8, 4) is 11.5 Å². The average Bonchev–Trinajstić information content (AvgIpc) is 2.61. The third-order valence-corrected chi connectivity index (χ3v) is 3.77. The van der Waals surface area contributed by atoms with Gasteiger partial charge in [-0.2, -0.15) is 13.2 Å². The second-order valence-corrected chi connectivity index (χ2v) is 6.51. The van der Waals surface area contributed by atoms with Gasteiger partial charge >= 0.3 is 18.1 Å². The average molecular weight is 407 g/mol. The molecule has 1 fully saturated rings. The van der Waals surface area contributed by atoms with Crippen LogP contribution in [0.3, 0.4) is 0 Å². The molecule has 2 aromatic rings. The summed E-state index contributed by atoms with van der Waals surface area (Å²) in [4.78, 5) is 24.0. The second kappa shape index (κ2) is 7.50. The van der Waals surface area contributed by atoms with E-state index in [0.29, 0.717) is 5.75 Å². The maximum Gasteiger partial charge on any atom is 0.416 e. The minimum absolute atomic E-state index is 0.0546. The number of halogens is 3. The molecule has 2 aromatic carbocycles. The summed E-state index contributed by atoms with van der Waals surface area (Å²) >= 11 is 0. The lowest BCUT2D eigenvalue weighted by atomic mass is 10.1. The Kier molecular flexibility index (Phi) is 5.23. The van der Waals surface area contributed by atoms with Crippen molar-refractivity contribution < 1.29 is 37.0 Å². The highest BCUT2D eigenvalue weighted by Crippen LogP contribution is 2.37. The van der Waals surface area contributed by atoms with Crippen molar-refractivity contribution in [1.82, 2.24) is 0 Å². The van der Waals surface area contributed by atoms with E-state index in [2.05, 4.69) is 5.32 Å². The van der Waals surface area contributed by atoms with Crippen molar-refractivity contribution in [1.29, 1.82) is 0 Å². The highest BCUT2D eigenvalue weighted by atomic mass is 19.4. The van der Waals surface area contributed by atoms with Crippen LogP contribution in [0.25, 0.3) is 0 Å². The van der Waals surface area contributed by atoms with Gasteiger partial charge in [0.25, 0.3) is 5.79 Å². The zero-order valence-electron chi connectivity index (χ0n) is 15.4. The minimum atomic E-state index is -4.60. The van der Waals surface area contributed by atoms with E-state index in [0.717, 1.165) is 24.4 Å². The molecule has 1 saturated heterocycles. The quantitative estimate of drug-likeness (QED) is 0.453. The van der Waals surface area contributed by atoms with Crippen LogP contribution < -0.4 is 10.1 Å². The van der Waals surface area contributed by atoms with Gasteiger partial charge in [0.1, 0.15) is 5.75 Å². The summed E-state index contributed by atoms with van der Waals surface area (Å²) in [5.41, 5.74) is -1.54. The van der Waals surface area contributed by atoms with Crippen molar-refractivity contribution in [2.24, 2.45) is 0 Å². The van der Waals surface area contributed by atoms with E-state index in [-0.39, 0.29) is 11.4 Å². The number of alkyl halides is 3. The van der Waals surface area contributed by atoms with Crippen molar-refractivity contribution in [2.45, 2.75) is 25.8 Å². The lowest BCUT2D eigenvalue weighted by Crippen LogP contribution is -2.42. The number of anilines is 1. The van der Waals surface area contributed by atoms with E-state index in [1.165, 1.54) is 13.8 Å². The molecule has 0 saturated carbocycles. The molecule has 0 bridgehead atoms. The van der Waals surface area contributed by atoms with Crippen LogP contribution in [0.15, 0.2) is 60.3 Å². The molecule has 152 valence electrons. The Balaban J connectivity index is 1.93. The van der Waals surface area contributed by atoms with Gasteiger partial charge in [-0.25, -0.2) is 9.59 Å². The van der Waals surface area contributed by atoms with Gasteiger partial charge in [0.05, 0.1) is 11.3 Å². The van der Waals surface area contributed by atoms with Crippen molar-refractivity contribution in [3.63, 3.8) is 0 Å². The van der Waals surface area contributed by atoms with Crippen LogP contribution in [0.5, 0.6) is 11.5 Å². The van der Waals surface area contributed by atoms with E-state index in [1.54, 1.807) is 30.3 Å². The van der Waals surface area contributed by atoms with Crippen LogP contribution in [0.2, 0.25) is 0 Å². The van der Waals surface area contributed by atoms with Gasteiger partial charge in [-0.15, -0.1) is 0 Å². The van der Waals surface area contributed by atoms with Gasteiger partial charge in [-0.05, 0) is 30.3 Å². The molecule has 0 aliphatic carbocycles. The van der Waals surface area contributed by atoms with Gasteiger partial charge in [0.15, 0.2) is 11.3 Å². The Bertz CT molecular complexity index is 946. The van der Waals surface area contributed by atoms with Crippen LogP contribution in [-0.4, -0.2) is 17.7 Å². The molecule has 0 atom stereocenters.